The van der Waals surface area contributed by atoms with Gasteiger partial charge in [0.25, 0.3) is 0 Å². The maximum atomic E-state index is 6.34. The maximum Gasteiger partial charge on any atom is 0.161 e. The van der Waals surface area contributed by atoms with Gasteiger partial charge >= 0.3 is 0 Å². The molecule has 2 bridgehead atoms. The predicted octanol–water partition coefficient (Wildman–Crippen LogP) is 3.21. The number of nitrogens with zero attached hydrogens (tertiary/aromatic N) is 2. The molecule has 5 rings (SSSR count). The van der Waals surface area contributed by atoms with Crippen molar-refractivity contribution in [3.63, 3.8) is 0 Å². The third kappa shape index (κ3) is 12.7. The maximum absolute atomic E-state index is 6.34. The summed E-state index contributed by atoms with van der Waals surface area (Å²) in [5, 5.41) is 0. The van der Waals surface area contributed by atoms with Crippen LogP contribution in [0.1, 0.15) is 16.7 Å². The van der Waals surface area contributed by atoms with E-state index in [0.717, 1.165) is 62.8 Å². The molecule has 0 aliphatic carbocycles. The van der Waals surface area contributed by atoms with Crippen LogP contribution in [0.3, 0.4) is 0 Å². The summed E-state index contributed by atoms with van der Waals surface area (Å²) < 4.78 is 41.9. The number of hydrogen-bond donors (Lipinski definition) is 0. The monoisotopic (exact) mass is 572 g/mol. The van der Waals surface area contributed by atoms with Gasteiger partial charge in [0, 0.05) is 39.3 Å². The van der Waals surface area contributed by atoms with Gasteiger partial charge < -0.3 is 33.2 Å². The topological polar surface area (TPSA) is 71.1 Å². The van der Waals surface area contributed by atoms with Crippen LogP contribution < -0.4 is 9.47 Å². The Morgan fingerprint density at radius 1 is 0.561 bits per heavy atom. The summed E-state index contributed by atoms with van der Waals surface area (Å²) in [6, 6.07) is 14.7. The molecule has 2 aromatic rings. The van der Waals surface area contributed by atoms with E-state index in [-0.39, 0.29) is 0 Å². The molecule has 2 aromatic carbocycles. The van der Waals surface area contributed by atoms with E-state index in [4.69, 9.17) is 33.2 Å². The molecule has 1 fully saturated rings. The van der Waals surface area contributed by atoms with E-state index in [1.807, 2.05) is 6.07 Å². The highest BCUT2D eigenvalue weighted by atomic mass is 16.5. The van der Waals surface area contributed by atoms with Crippen molar-refractivity contribution < 1.29 is 33.2 Å². The molecular weight excluding hydrogens is 524 g/mol. The van der Waals surface area contributed by atoms with E-state index in [1.165, 1.54) is 11.1 Å². The van der Waals surface area contributed by atoms with Crippen LogP contribution in [0.5, 0.6) is 11.5 Å². The highest BCUT2D eigenvalue weighted by molar-refractivity contribution is 5.43. The van der Waals surface area contributed by atoms with Crippen molar-refractivity contribution in [1.29, 1.82) is 0 Å². The molecule has 3 aliphatic rings. The Labute approximate surface area is 245 Å². The van der Waals surface area contributed by atoms with Crippen molar-refractivity contribution in [2.24, 2.45) is 0 Å². The highest BCUT2D eigenvalue weighted by Crippen LogP contribution is 2.29. The third-order valence-corrected chi connectivity index (χ3v) is 7.21. The fourth-order valence-electron chi connectivity index (χ4n) is 4.66. The van der Waals surface area contributed by atoms with Crippen molar-refractivity contribution in [3.8, 4) is 11.5 Å². The van der Waals surface area contributed by atoms with Gasteiger partial charge in [0.1, 0.15) is 13.2 Å². The van der Waals surface area contributed by atoms with Gasteiger partial charge in [0.15, 0.2) is 11.5 Å². The molecular formula is C32H48N2O7. The van der Waals surface area contributed by atoms with E-state index in [1.54, 1.807) is 0 Å². The molecule has 0 spiro atoms. The molecule has 228 valence electrons. The summed E-state index contributed by atoms with van der Waals surface area (Å²) in [5.74, 6) is 1.54. The van der Waals surface area contributed by atoms with Crippen molar-refractivity contribution in [2.75, 3.05) is 112 Å². The summed E-state index contributed by atoms with van der Waals surface area (Å²) in [6.45, 7) is 14.2. The van der Waals surface area contributed by atoms with Crippen LogP contribution >= 0.6 is 0 Å². The first-order valence-corrected chi connectivity index (χ1v) is 15.0. The number of ether oxygens (including phenoxy) is 7. The minimum atomic E-state index is 0.544. The molecule has 0 unspecified atom stereocenters. The Bertz CT molecular complexity index is 955. The van der Waals surface area contributed by atoms with Crippen LogP contribution in [0, 0.1) is 6.92 Å². The normalized spacial score (nSPS) is 22.6. The molecule has 1 saturated heterocycles. The largest absolute Gasteiger partial charge is 0.488 e. The Hall–Kier alpha value is -2.24. The van der Waals surface area contributed by atoms with Crippen molar-refractivity contribution in [3.05, 3.63) is 59.2 Å². The molecule has 9 nitrogen and oxygen atoms in total. The van der Waals surface area contributed by atoms with Gasteiger partial charge in [-0.2, -0.15) is 0 Å². The second-order valence-corrected chi connectivity index (χ2v) is 10.4. The average Bonchev–Trinajstić information content (AvgIpc) is 2.98. The van der Waals surface area contributed by atoms with Crippen molar-refractivity contribution >= 4 is 0 Å². The van der Waals surface area contributed by atoms with E-state index >= 15 is 0 Å². The van der Waals surface area contributed by atoms with Crippen LogP contribution in [0.2, 0.25) is 0 Å². The second kappa shape index (κ2) is 19.0. The number of fused-ring (bicyclic) bond motifs is 18. The molecule has 0 radical (unpaired) electrons. The lowest BCUT2D eigenvalue weighted by Gasteiger charge is -2.25. The van der Waals surface area contributed by atoms with E-state index in [2.05, 4.69) is 53.1 Å². The lowest BCUT2D eigenvalue weighted by Crippen LogP contribution is -2.36. The average molecular weight is 573 g/mol. The van der Waals surface area contributed by atoms with Crippen LogP contribution in [0.15, 0.2) is 42.5 Å². The predicted molar refractivity (Wildman–Crippen MR) is 158 cm³/mol. The van der Waals surface area contributed by atoms with Gasteiger partial charge in [-0.1, -0.05) is 35.9 Å². The molecule has 3 heterocycles. The zero-order chi connectivity index (χ0) is 28.4. The minimum Gasteiger partial charge on any atom is -0.488 e. The summed E-state index contributed by atoms with van der Waals surface area (Å²) in [6.07, 6.45) is 0.803. The zero-order valence-electron chi connectivity index (χ0n) is 24.7. The summed E-state index contributed by atoms with van der Waals surface area (Å²) >= 11 is 0. The standard InChI is InChI=1S/C32H48N2O7/c1-28-2-4-30(5-3-28)27-39-15-8-29-6-7-31-32(26-29)41-21-14-34-11-18-37-24-22-35-16-9-33(13-20-40-31)10-17-36-23-25-38-19-12-34/h2-7,26H,8-25,27H2,1H3. The molecule has 0 aromatic heterocycles. The quantitative estimate of drug-likeness (QED) is 0.503. The summed E-state index contributed by atoms with van der Waals surface area (Å²) in [4.78, 5) is 4.63. The Balaban J connectivity index is 1.40. The summed E-state index contributed by atoms with van der Waals surface area (Å²) in [7, 11) is 0. The first-order chi connectivity index (χ1) is 20.3. The fraction of sp³-hybridized carbons (Fsp3) is 0.625. The van der Waals surface area contributed by atoms with Crippen molar-refractivity contribution in [1.82, 2.24) is 9.80 Å². The summed E-state index contributed by atoms with van der Waals surface area (Å²) in [5.41, 5.74) is 3.61. The Morgan fingerprint density at radius 3 is 1.61 bits per heavy atom. The molecule has 0 N–H and O–H groups in total. The van der Waals surface area contributed by atoms with Gasteiger partial charge in [0.05, 0.1) is 66.1 Å². The van der Waals surface area contributed by atoms with Crippen molar-refractivity contribution in [2.45, 2.75) is 20.0 Å². The second-order valence-electron chi connectivity index (χ2n) is 10.4. The number of aryl methyl sites for hydroxylation is 1. The molecule has 0 saturated carbocycles. The molecule has 3 aliphatic heterocycles. The highest BCUT2D eigenvalue weighted by Gasteiger charge is 2.13. The molecule has 41 heavy (non-hydrogen) atoms. The molecule has 0 atom stereocenters. The Kier molecular flexibility index (Phi) is 14.7. The lowest BCUT2D eigenvalue weighted by molar-refractivity contribution is 0.00506. The third-order valence-electron chi connectivity index (χ3n) is 7.21. The Morgan fingerprint density at radius 2 is 1.05 bits per heavy atom. The fourth-order valence-corrected chi connectivity index (χ4v) is 4.66. The number of rotatable bonds is 5. The number of hydrogen-bond acceptors (Lipinski definition) is 9. The van der Waals surface area contributed by atoms with Gasteiger partial charge in [-0.05, 0) is 36.6 Å². The lowest BCUT2D eigenvalue weighted by atomic mass is 10.1. The first-order valence-electron chi connectivity index (χ1n) is 15.0. The van der Waals surface area contributed by atoms with Gasteiger partial charge in [-0.25, -0.2) is 0 Å². The van der Waals surface area contributed by atoms with Crippen LogP contribution in [-0.2, 0) is 36.7 Å². The van der Waals surface area contributed by atoms with Gasteiger partial charge in [-0.15, -0.1) is 0 Å². The van der Waals surface area contributed by atoms with Gasteiger partial charge in [-0.3, -0.25) is 9.80 Å². The molecule has 0 amide bonds. The molecule has 9 heteroatoms. The first kappa shape index (κ1) is 31.7. The van der Waals surface area contributed by atoms with Gasteiger partial charge in [0.2, 0.25) is 0 Å². The smallest absolute Gasteiger partial charge is 0.161 e. The van der Waals surface area contributed by atoms with E-state index in [9.17, 15) is 0 Å². The van der Waals surface area contributed by atoms with Crippen LogP contribution in [-0.4, -0.2) is 122 Å². The van der Waals surface area contributed by atoms with E-state index < -0.39 is 0 Å². The minimum absolute atomic E-state index is 0.544. The zero-order valence-corrected chi connectivity index (χ0v) is 24.7. The van der Waals surface area contributed by atoms with Crippen LogP contribution in [0.25, 0.3) is 0 Å². The number of benzene rings is 2. The SMILES string of the molecule is Cc1ccc(COCCc2ccc3c(c2)OCCN2CCOCCOCCN(CCOCCOCC2)CCO3)cc1. The van der Waals surface area contributed by atoms with Crippen LogP contribution in [0.4, 0.5) is 0 Å². The van der Waals surface area contributed by atoms with E-state index in [0.29, 0.717) is 79.3 Å².